The molecule has 0 fully saturated rings. The number of rotatable bonds is 18. The fraction of sp³-hybridized carbons (Fsp3) is 0.448. The largest absolute Gasteiger partial charge is 0.493 e. The Kier molecular flexibility index (Phi) is 14.4. The number of nitrogens with one attached hydrogen (secondary N) is 2. The molecule has 0 aliphatic rings. The quantitative estimate of drug-likeness (QED) is 0.155. The molecule has 224 valence electrons. The van der Waals surface area contributed by atoms with Crippen molar-refractivity contribution < 1.29 is 38.0 Å². The second-order valence-corrected chi connectivity index (χ2v) is 8.77. The van der Waals surface area contributed by atoms with E-state index in [2.05, 4.69) is 21.1 Å². The summed E-state index contributed by atoms with van der Waals surface area (Å²) in [5.74, 6) is 2.63. The zero-order chi connectivity index (χ0) is 30.0. The predicted molar refractivity (Wildman–Crippen MR) is 156 cm³/mol. The number of hydrogen-bond donors (Lipinski definition) is 2. The van der Waals surface area contributed by atoms with Crippen molar-refractivity contribution in [3.05, 3.63) is 35.4 Å². The van der Waals surface area contributed by atoms with Crippen LogP contribution in [0.25, 0.3) is 0 Å². The normalized spacial score (nSPS) is 10.9. The number of benzene rings is 2. The number of carbonyl (C=O) groups excluding carboxylic acids is 2. The second-order valence-electron chi connectivity index (χ2n) is 8.77. The van der Waals surface area contributed by atoms with E-state index in [0.717, 1.165) is 32.1 Å². The summed E-state index contributed by atoms with van der Waals surface area (Å²) < 4.78 is 31.9. The molecule has 0 bridgehead atoms. The number of unbranched alkanes of at least 4 members (excludes halogenated alkanes) is 4. The van der Waals surface area contributed by atoms with E-state index in [1.54, 1.807) is 24.3 Å². The van der Waals surface area contributed by atoms with Crippen LogP contribution >= 0.6 is 0 Å². The fourth-order valence-electron chi connectivity index (χ4n) is 3.92. The Balaban J connectivity index is 1.63. The molecule has 0 saturated heterocycles. The maximum atomic E-state index is 12.1. The van der Waals surface area contributed by atoms with Crippen molar-refractivity contribution >= 4 is 24.2 Å². The van der Waals surface area contributed by atoms with E-state index in [-0.39, 0.29) is 11.8 Å². The molecule has 2 aromatic rings. The molecule has 0 saturated carbocycles. The van der Waals surface area contributed by atoms with Crippen LogP contribution in [0.5, 0.6) is 34.5 Å². The Morgan fingerprint density at radius 1 is 0.561 bits per heavy atom. The first kappa shape index (κ1) is 32.7. The van der Waals surface area contributed by atoms with Gasteiger partial charge in [-0.15, -0.1) is 0 Å². The van der Waals surface area contributed by atoms with Crippen molar-refractivity contribution in [2.45, 2.75) is 44.9 Å². The van der Waals surface area contributed by atoms with Crippen molar-refractivity contribution in [3.8, 4) is 34.5 Å². The SMILES string of the molecule is COc1cc(/C=N/NC(=O)CCCCCCCC(=O)N/N=C/c2cc(OC)c(OC)c(OC)c2)cc(OC)c1OC. The van der Waals surface area contributed by atoms with Gasteiger partial charge in [0.05, 0.1) is 55.1 Å². The van der Waals surface area contributed by atoms with Gasteiger partial charge in [-0.2, -0.15) is 10.2 Å². The molecule has 0 aliphatic carbocycles. The summed E-state index contributed by atoms with van der Waals surface area (Å²) in [7, 11) is 9.19. The first-order valence-electron chi connectivity index (χ1n) is 13.1. The van der Waals surface area contributed by atoms with Crippen LogP contribution in [0.3, 0.4) is 0 Å². The van der Waals surface area contributed by atoms with Gasteiger partial charge >= 0.3 is 0 Å². The van der Waals surface area contributed by atoms with Gasteiger partial charge in [0.1, 0.15) is 0 Å². The molecule has 12 nitrogen and oxygen atoms in total. The summed E-state index contributed by atoms with van der Waals surface area (Å²) in [6.45, 7) is 0. The predicted octanol–water partition coefficient (Wildman–Crippen LogP) is 4.07. The summed E-state index contributed by atoms with van der Waals surface area (Å²) in [6, 6.07) is 6.94. The van der Waals surface area contributed by atoms with Crippen molar-refractivity contribution in [1.82, 2.24) is 10.9 Å². The fourth-order valence-corrected chi connectivity index (χ4v) is 3.92. The zero-order valence-electron chi connectivity index (χ0n) is 24.6. The van der Waals surface area contributed by atoms with E-state index in [1.807, 2.05) is 0 Å². The maximum Gasteiger partial charge on any atom is 0.240 e. The lowest BCUT2D eigenvalue weighted by molar-refractivity contribution is -0.121. The molecule has 0 aliphatic heterocycles. The van der Waals surface area contributed by atoms with Crippen LogP contribution in [0.1, 0.15) is 56.1 Å². The molecule has 0 heterocycles. The molecular formula is C29H40N4O8. The van der Waals surface area contributed by atoms with E-state index >= 15 is 0 Å². The summed E-state index contributed by atoms with van der Waals surface area (Å²) in [4.78, 5) is 24.2. The Morgan fingerprint density at radius 2 is 0.878 bits per heavy atom. The van der Waals surface area contributed by atoms with E-state index in [4.69, 9.17) is 28.4 Å². The standard InChI is InChI=1S/C29H40N4O8/c1-36-22-14-20(15-23(37-2)28(22)40-5)18-30-32-26(34)12-10-8-7-9-11-13-27(35)33-31-19-21-16-24(38-3)29(41-6)25(17-21)39-4/h14-19H,7-13H2,1-6H3,(H,32,34)(H,33,35)/b30-18+,31-19+. The molecule has 0 unspecified atom stereocenters. The van der Waals surface area contributed by atoms with Gasteiger partial charge in [-0.1, -0.05) is 19.3 Å². The number of methoxy groups -OCH3 is 6. The van der Waals surface area contributed by atoms with Crippen molar-refractivity contribution in [1.29, 1.82) is 0 Å². The zero-order valence-corrected chi connectivity index (χ0v) is 24.6. The van der Waals surface area contributed by atoms with Crippen molar-refractivity contribution in [3.63, 3.8) is 0 Å². The highest BCUT2D eigenvalue weighted by atomic mass is 16.5. The topological polar surface area (TPSA) is 138 Å². The molecule has 0 radical (unpaired) electrons. The number of carbonyl (C=O) groups is 2. The van der Waals surface area contributed by atoms with Gasteiger partial charge < -0.3 is 28.4 Å². The summed E-state index contributed by atoms with van der Waals surface area (Å²) in [5.41, 5.74) is 6.45. The molecule has 2 aromatic carbocycles. The average Bonchev–Trinajstić information content (AvgIpc) is 2.99. The van der Waals surface area contributed by atoms with Gasteiger partial charge in [0.2, 0.25) is 23.3 Å². The van der Waals surface area contributed by atoms with E-state index in [0.29, 0.717) is 58.5 Å². The average molecular weight is 573 g/mol. The van der Waals surface area contributed by atoms with E-state index in [9.17, 15) is 9.59 Å². The Labute approximate surface area is 241 Å². The minimum Gasteiger partial charge on any atom is -0.493 e. The lowest BCUT2D eigenvalue weighted by Gasteiger charge is -2.12. The highest BCUT2D eigenvalue weighted by Crippen LogP contribution is 2.38. The van der Waals surface area contributed by atoms with Gasteiger partial charge in [0, 0.05) is 24.0 Å². The number of nitrogens with zero attached hydrogens (tertiary/aromatic N) is 2. The molecular weight excluding hydrogens is 532 g/mol. The third-order valence-electron chi connectivity index (χ3n) is 5.99. The maximum absolute atomic E-state index is 12.1. The van der Waals surface area contributed by atoms with E-state index < -0.39 is 0 Å². The van der Waals surface area contributed by atoms with Gasteiger partial charge in [-0.05, 0) is 37.1 Å². The van der Waals surface area contributed by atoms with Crippen LogP contribution in [0, 0.1) is 0 Å². The minimum absolute atomic E-state index is 0.168. The molecule has 0 spiro atoms. The third kappa shape index (κ3) is 10.5. The van der Waals surface area contributed by atoms with Crippen LogP contribution in [0.4, 0.5) is 0 Å². The minimum atomic E-state index is -0.168. The summed E-state index contributed by atoms with van der Waals surface area (Å²) >= 11 is 0. The molecule has 0 aromatic heterocycles. The summed E-state index contributed by atoms with van der Waals surface area (Å²) in [6.07, 6.45) is 7.91. The molecule has 0 atom stereocenters. The lowest BCUT2D eigenvalue weighted by atomic mass is 10.1. The smallest absolute Gasteiger partial charge is 0.240 e. The van der Waals surface area contributed by atoms with Crippen LogP contribution in [0.15, 0.2) is 34.5 Å². The monoisotopic (exact) mass is 572 g/mol. The first-order valence-corrected chi connectivity index (χ1v) is 13.1. The first-order chi connectivity index (χ1) is 19.9. The van der Waals surface area contributed by atoms with Gasteiger partial charge in [0.25, 0.3) is 0 Å². The Morgan fingerprint density at radius 3 is 1.17 bits per heavy atom. The number of amides is 2. The summed E-state index contributed by atoms with van der Waals surface area (Å²) in [5, 5.41) is 8.03. The van der Waals surface area contributed by atoms with Gasteiger partial charge in [0.15, 0.2) is 23.0 Å². The Hall–Kier alpha value is -4.48. The van der Waals surface area contributed by atoms with Crippen LogP contribution in [0.2, 0.25) is 0 Å². The number of hydrazone groups is 2. The molecule has 2 N–H and O–H groups in total. The Bertz CT molecular complexity index is 1060. The van der Waals surface area contributed by atoms with Crippen LogP contribution < -0.4 is 39.3 Å². The van der Waals surface area contributed by atoms with Crippen LogP contribution in [-0.2, 0) is 9.59 Å². The second kappa shape index (κ2) is 18.0. The van der Waals surface area contributed by atoms with Gasteiger partial charge in [-0.25, -0.2) is 10.9 Å². The molecule has 41 heavy (non-hydrogen) atoms. The molecule has 2 amide bonds. The van der Waals surface area contributed by atoms with Crippen LogP contribution in [-0.4, -0.2) is 66.9 Å². The highest BCUT2D eigenvalue weighted by molar-refractivity contribution is 5.85. The third-order valence-corrected chi connectivity index (χ3v) is 5.99. The van der Waals surface area contributed by atoms with E-state index in [1.165, 1.54) is 55.1 Å². The number of ether oxygens (including phenoxy) is 6. The van der Waals surface area contributed by atoms with Crippen molar-refractivity contribution in [2.24, 2.45) is 10.2 Å². The lowest BCUT2D eigenvalue weighted by Crippen LogP contribution is -2.17. The van der Waals surface area contributed by atoms with Crippen molar-refractivity contribution in [2.75, 3.05) is 42.7 Å². The van der Waals surface area contributed by atoms with Gasteiger partial charge in [-0.3, -0.25) is 9.59 Å². The highest BCUT2D eigenvalue weighted by Gasteiger charge is 2.13. The number of hydrogen-bond acceptors (Lipinski definition) is 10. The molecule has 2 rings (SSSR count). The molecule has 12 heteroatoms.